The van der Waals surface area contributed by atoms with Crippen molar-refractivity contribution >= 4 is 11.6 Å². The molecule has 4 nitrogen and oxygen atoms in total. The average molecular weight is 480 g/mol. The molecule has 0 spiro atoms. The first-order valence-corrected chi connectivity index (χ1v) is 13.2. The summed E-state index contributed by atoms with van der Waals surface area (Å²) < 4.78 is 29.7. The van der Waals surface area contributed by atoms with Crippen LogP contribution in [0.15, 0.2) is 35.3 Å². The highest BCUT2D eigenvalue weighted by Crippen LogP contribution is 2.33. The standard InChI is InChI=1S/C29H35F2N3O/c1-19-17-32-28(29(35)33-22-8-4-2-5-9-22)25-16-21(10-11-23(19)25)24-14-20(15-26(30)27(24)31)18-34-12-6-3-7-13-34/h10-11,14-16,19,22H,2-9,12-13,17-18H2,1H3,(H,33,35)/t19-/m1/s1. The van der Waals surface area contributed by atoms with Gasteiger partial charge in [0.15, 0.2) is 11.6 Å². The summed E-state index contributed by atoms with van der Waals surface area (Å²) in [6, 6.07) is 8.89. The summed E-state index contributed by atoms with van der Waals surface area (Å²) in [5, 5.41) is 3.17. The highest BCUT2D eigenvalue weighted by atomic mass is 19.2. The van der Waals surface area contributed by atoms with Crippen LogP contribution in [0.1, 0.15) is 80.9 Å². The van der Waals surface area contributed by atoms with Crippen molar-refractivity contribution in [2.24, 2.45) is 4.99 Å². The topological polar surface area (TPSA) is 44.7 Å². The lowest BCUT2D eigenvalue weighted by Gasteiger charge is -2.27. The Morgan fingerprint density at radius 3 is 2.51 bits per heavy atom. The first-order valence-electron chi connectivity index (χ1n) is 13.2. The maximum absolute atomic E-state index is 15.0. The van der Waals surface area contributed by atoms with Gasteiger partial charge in [-0.2, -0.15) is 0 Å². The van der Waals surface area contributed by atoms with Crippen LogP contribution in [0.2, 0.25) is 0 Å². The van der Waals surface area contributed by atoms with Gasteiger partial charge in [0.25, 0.3) is 5.91 Å². The molecular formula is C29H35F2N3O. The highest BCUT2D eigenvalue weighted by molar-refractivity contribution is 6.46. The van der Waals surface area contributed by atoms with E-state index in [0.29, 0.717) is 24.4 Å². The van der Waals surface area contributed by atoms with Gasteiger partial charge in [-0.05, 0) is 73.7 Å². The first kappa shape index (κ1) is 24.1. The number of halogens is 2. The fourth-order valence-corrected chi connectivity index (χ4v) is 5.79. The van der Waals surface area contributed by atoms with Gasteiger partial charge in [0.05, 0.1) is 0 Å². The Labute approximate surface area is 206 Å². The molecule has 35 heavy (non-hydrogen) atoms. The third-order valence-electron chi connectivity index (χ3n) is 7.77. The Morgan fingerprint density at radius 2 is 1.74 bits per heavy atom. The van der Waals surface area contributed by atoms with E-state index in [1.807, 2.05) is 18.2 Å². The number of nitrogens with one attached hydrogen (secondary N) is 1. The van der Waals surface area contributed by atoms with Crippen LogP contribution in [-0.4, -0.2) is 42.2 Å². The average Bonchev–Trinajstić information content (AvgIpc) is 2.87. The highest BCUT2D eigenvalue weighted by Gasteiger charge is 2.27. The number of carbonyl (C=O) groups is 1. The number of piperidine rings is 1. The minimum atomic E-state index is -0.846. The number of rotatable bonds is 5. The van der Waals surface area contributed by atoms with Crippen LogP contribution in [0.4, 0.5) is 8.78 Å². The molecule has 0 radical (unpaired) electrons. The van der Waals surface area contributed by atoms with Crippen molar-refractivity contribution in [1.82, 2.24) is 10.2 Å². The molecule has 0 aromatic heterocycles. The van der Waals surface area contributed by atoms with Crippen LogP contribution in [0.3, 0.4) is 0 Å². The van der Waals surface area contributed by atoms with Gasteiger partial charge in [-0.15, -0.1) is 0 Å². The Kier molecular flexibility index (Phi) is 7.28. The maximum Gasteiger partial charge on any atom is 0.270 e. The van der Waals surface area contributed by atoms with E-state index in [1.165, 1.54) is 18.9 Å². The quantitative estimate of drug-likeness (QED) is 0.574. The van der Waals surface area contributed by atoms with E-state index in [4.69, 9.17) is 0 Å². The van der Waals surface area contributed by atoms with Gasteiger partial charge >= 0.3 is 0 Å². The summed E-state index contributed by atoms with van der Waals surface area (Å²) in [6.45, 7) is 5.22. The largest absolute Gasteiger partial charge is 0.348 e. The minimum absolute atomic E-state index is 0.160. The fraction of sp³-hybridized carbons (Fsp3) is 0.517. The van der Waals surface area contributed by atoms with Gasteiger partial charge in [0.2, 0.25) is 0 Å². The molecule has 2 heterocycles. The van der Waals surface area contributed by atoms with Crippen molar-refractivity contribution in [2.75, 3.05) is 19.6 Å². The molecule has 0 unspecified atom stereocenters. The second-order valence-corrected chi connectivity index (χ2v) is 10.5. The number of fused-ring (bicyclic) bond motifs is 1. The lowest BCUT2D eigenvalue weighted by atomic mass is 9.87. The summed E-state index contributed by atoms with van der Waals surface area (Å²) >= 11 is 0. The zero-order valence-corrected chi connectivity index (χ0v) is 20.6. The third-order valence-corrected chi connectivity index (χ3v) is 7.77. The number of hydrogen-bond acceptors (Lipinski definition) is 3. The van der Waals surface area contributed by atoms with Crippen molar-refractivity contribution < 1.29 is 13.6 Å². The van der Waals surface area contributed by atoms with Crippen molar-refractivity contribution in [1.29, 1.82) is 0 Å². The molecule has 186 valence electrons. The molecule has 1 N–H and O–H groups in total. The summed E-state index contributed by atoms with van der Waals surface area (Å²) in [5.74, 6) is -1.67. The number of carbonyl (C=O) groups excluding carboxylic acids is 1. The molecule has 1 aliphatic carbocycles. The van der Waals surface area contributed by atoms with E-state index in [-0.39, 0.29) is 23.4 Å². The summed E-state index contributed by atoms with van der Waals surface area (Å²) in [7, 11) is 0. The molecule has 5 rings (SSSR count). The van der Waals surface area contributed by atoms with E-state index in [2.05, 4.69) is 22.1 Å². The fourth-order valence-electron chi connectivity index (χ4n) is 5.79. The molecule has 6 heteroatoms. The number of likely N-dealkylation sites (tertiary alicyclic amines) is 1. The van der Waals surface area contributed by atoms with Crippen LogP contribution in [0.25, 0.3) is 11.1 Å². The molecule has 2 fully saturated rings. The number of hydrogen-bond donors (Lipinski definition) is 1. The van der Waals surface area contributed by atoms with Crippen LogP contribution < -0.4 is 5.32 Å². The second-order valence-electron chi connectivity index (χ2n) is 10.5. The monoisotopic (exact) mass is 479 g/mol. The molecule has 2 aliphatic heterocycles. The summed E-state index contributed by atoms with van der Waals surface area (Å²) in [4.78, 5) is 20.1. The van der Waals surface area contributed by atoms with E-state index >= 15 is 4.39 Å². The van der Waals surface area contributed by atoms with Crippen LogP contribution in [0, 0.1) is 11.6 Å². The molecular weight excluding hydrogens is 444 g/mol. The van der Waals surface area contributed by atoms with Gasteiger partial charge in [-0.25, -0.2) is 8.78 Å². The minimum Gasteiger partial charge on any atom is -0.348 e. The predicted octanol–water partition coefficient (Wildman–Crippen LogP) is 5.97. The lowest BCUT2D eigenvalue weighted by Crippen LogP contribution is -2.41. The number of benzene rings is 2. The number of aliphatic imine (C=N–C) groups is 1. The van der Waals surface area contributed by atoms with E-state index in [9.17, 15) is 9.18 Å². The number of amides is 1. The summed E-state index contributed by atoms with van der Waals surface area (Å²) in [6.07, 6.45) is 8.99. The zero-order chi connectivity index (χ0) is 24.4. The molecule has 1 saturated carbocycles. The zero-order valence-electron chi connectivity index (χ0n) is 20.6. The van der Waals surface area contributed by atoms with Crippen molar-refractivity contribution in [3.8, 4) is 11.1 Å². The van der Waals surface area contributed by atoms with Crippen LogP contribution in [0.5, 0.6) is 0 Å². The Morgan fingerprint density at radius 1 is 1.00 bits per heavy atom. The van der Waals surface area contributed by atoms with Gasteiger partial charge < -0.3 is 5.32 Å². The van der Waals surface area contributed by atoms with Crippen molar-refractivity contribution in [2.45, 2.75) is 76.8 Å². The lowest BCUT2D eigenvalue weighted by molar-refractivity contribution is -0.115. The van der Waals surface area contributed by atoms with Crippen molar-refractivity contribution in [3.63, 3.8) is 0 Å². The molecule has 2 aromatic carbocycles. The SMILES string of the molecule is C[C@@H]1CN=C(C(=O)NC2CCCCC2)c2cc(-c3cc(CN4CCCCC4)cc(F)c3F)ccc21. The molecule has 1 atom stereocenters. The molecule has 1 saturated heterocycles. The number of nitrogens with zero attached hydrogens (tertiary/aromatic N) is 2. The Balaban J connectivity index is 1.45. The predicted molar refractivity (Wildman–Crippen MR) is 136 cm³/mol. The van der Waals surface area contributed by atoms with Gasteiger partial charge in [0.1, 0.15) is 5.71 Å². The van der Waals surface area contributed by atoms with E-state index in [1.54, 1.807) is 6.07 Å². The van der Waals surface area contributed by atoms with Gasteiger partial charge in [-0.3, -0.25) is 14.7 Å². The van der Waals surface area contributed by atoms with E-state index < -0.39 is 11.6 Å². The second kappa shape index (κ2) is 10.6. The Hall–Kier alpha value is -2.60. The van der Waals surface area contributed by atoms with Crippen LogP contribution in [-0.2, 0) is 11.3 Å². The normalized spacial score (nSPS) is 21.3. The molecule has 0 bridgehead atoms. The smallest absolute Gasteiger partial charge is 0.270 e. The maximum atomic E-state index is 15.0. The molecule has 1 amide bonds. The van der Waals surface area contributed by atoms with Crippen molar-refractivity contribution in [3.05, 3.63) is 58.7 Å². The van der Waals surface area contributed by atoms with Crippen LogP contribution >= 0.6 is 0 Å². The molecule has 3 aliphatic rings. The third kappa shape index (κ3) is 5.32. The van der Waals surface area contributed by atoms with Gasteiger partial charge in [0, 0.05) is 36.2 Å². The Bertz CT molecular complexity index is 1120. The van der Waals surface area contributed by atoms with E-state index in [0.717, 1.165) is 68.3 Å². The first-order chi connectivity index (χ1) is 17.0. The van der Waals surface area contributed by atoms with Gasteiger partial charge in [-0.1, -0.05) is 44.7 Å². The molecule has 2 aromatic rings. The summed E-state index contributed by atoms with van der Waals surface area (Å²) in [5.41, 5.74) is 3.77.